The number of hydrogen-bond donors (Lipinski definition) is 1. The third-order valence-corrected chi connectivity index (χ3v) is 7.71. The Morgan fingerprint density at radius 2 is 1.23 bits per heavy atom. The van der Waals surface area contributed by atoms with Crippen LogP contribution in [-0.4, -0.2) is 17.2 Å². The molecule has 0 saturated heterocycles. The summed E-state index contributed by atoms with van der Waals surface area (Å²) in [5, 5.41) is -0.540. The zero-order valence-electron chi connectivity index (χ0n) is 15.4. The Balaban J connectivity index is 3.85. The van der Waals surface area contributed by atoms with Crippen LogP contribution in [0.15, 0.2) is 0 Å². The summed E-state index contributed by atoms with van der Waals surface area (Å²) in [7, 11) is -2.13. The van der Waals surface area contributed by atoms with Crippen molar-refractivity contribution in [3.63, 3.8) is 0 Å². The Morgan fingerprint density at radius 3 is 1.59 bits per heavy atom. The minimum atomic E-state index is -3.49. The van der Waals surface area contributed by atoms with Crippen molar-refractivity contribution in [2.24, 2.45) is 0 Å². The summed E-state index contributed by atoms with van der Waals surface area (Å²) >= 11 is 0. The molecule has 0 aromatic heterocycles. The molecule has 0 bridgehead atoms. The molecular weight excluding hydrogens is 295 g/mol. The second kappa shape index (κ2) is 12.6. The molecule has 0 rings (SSSR count). The van der Waals surface area contributed by atoms with E-state index in [4.69, 9.17) is 4.52 Å². The van der Waals surface area contributed by atoms with Crippen LogP contribution in [0, 0.1) is 0 Å². The van der Waals surface area contributed by atoms with Gasteiger partial charge in [0.2, 0.25) is 0 Å². The first kappa shape index (κ1) is 22.1. The number of hydrogen-bond acceptors (Lipinski definition) is 2. The van der Waals surface area contributed by atoms with Gasteiger partial charge in [0.15, 0.2) is 0 Å². The zero-order chi connectivity index (χ0) is 16.9. The summed E-state index contributed by atoms with van der Waals surface area (Å²) in [5.74, 6) is 0. The lowest BCUT2D eigenvalue weighted by atomic mass is 9.94. The maximum Gasteiger partial charge on any atom is 0.333 e. The van der Waals surface area contributed by atoms with Crippen molar-refractivity contribution in [3.05, 3.63) is 0 Å². The fourth-order valence-electron chi connectivity index (χ4n) is 3.28. The van der Waals surface area contributed by atoms with Gasteiger partial charge in [0.25, 0.3) is 0 Å². The van der Waals surface area contributed by atoms with E-state index in [0.29, 0.717) is 12.8 Å². The van der Waals surface area contributed by atoms with Gasteiger partial charge >= 0.3 is 7.60 Å². The van der Waals surface area contributed by atoms with Crippen molar-refractivity contribution >= 4 is 7.60 Å². The molecule has 0 saturated carbocycles. The average Bonchev–Trinajstić information content (AvgIpc) is 2.53. The van der Waals surface area contributed by atoms with Gasteiger partial charge in [0.1, 0.15) is 0 Å². The van der Waals surface area contributed by atoms with Crippen LogP contribution in [0.2, 0.25) is 0 Å². The van der Waals surface area contributed by atoms with Crippen molar-refractivity contribution in [1.82, 2.24) is 0 Å². The molecule has 0 aromatic rings. The third kappa shape index (κ3) is 7.62. The molecular formula is C18H39O3P. The molecule has 0 spiro atoms. The number of rotatable bonds is 15. The molecule has 1 unspecified atom stereocenters. The standard InChI is InChI=1S/C18H39O3P/c1-5-8-9-10-11-12-13-14-15-16-17-18(6-2,7-3)22(19,20)21-4/h5-17H2,1-4H3,(H,19,20). The molecule has 3 nitrogen and oxygen atoms in total. The Bertz CT molecular complexity index is 301. The van der Waals surface area contributed by atoms with Gasteiger partial charge in [0, 0.05) is 7.11 Å². The highest BCUT2D eigenvalue weighted by molar-refractivity contribution is 7.54. The van der Waals surface area contributed by atoms with Crippen LogP contribution in [0.1, 0.15) is 104 Å². The SMILES string of the molecule is CCCCCCCCCCCCC(CC)(CC)P(=O)(O)OC. The van der Waals surface area contributed by atoms with Crippen molar-refractivity contribution in [2.75, 3.05) is 7.11 Å². The lowest BCUT2D eigenvalue weighted by molar-refractivity contribution is 0.262. The van der Waals surface area contributed by atoms with E-state index in [9.17, 15) is 9.46 Å². The highest BCUT2D eigenvalue weighted by Gasteiger charge is 2.44. The molecule has 134 valence electrons. The molecule has 0 aliphatic carbocycles. The molecule has 0 heterocycles. The first-order valence-corrected chi connectivity index (χ1v) is 11.0. The van der Waals surface area contributed by atoms with E-state index < -0.39 is 12.8 Å². The van der Waals surface area contributed by atoms with Gasteiger partial charge < -0.3 is 9.42 Å². The Hall–Kier alpha value is 0.150. The molecule has 1 N–H and O–H groups in total. The van der Waals surface area contributed by atoms with Crippen LogP contribution in [-0.2, 0) is 9.09 Å². The molecule has 0 amide bonds. The van der Waals surface area contributed by atoms with Gasteiger partial charge in [0.05, 0.1) is 5.16 Å². The van der Waals surface area contributed by atoms with E-state index in [2.05, 4.69) is 6.92 Å². The van der Waals surface area contributed by atoms with E-state index in [0.717, 1.165) is 12.8 Å². The topological polar surface area (TPSA) is 46.5 Å². The fourth-order valence-corrected chi connectivity index (χ4v) is 4.91. The summed E-state index contributed by atoms with van der Waals surface area (Å²) in [6.45, 7) is 6.25. The van der Waals surface area contributed by atoms with Gasteiger partial charge in [-0.3, -0.25) is 4.57 Å². The highest BCUT2D eigenvalue weighted by atomic mass is 31.2. The van der Waals surface area contributed by atoms with E-state index >= 15 is 0 Å². The van der Waals surface area contributed by atoms with Crippen LogP contribution in [0.5, 0.6) is 0 Å². The molecule has 0 aliphatic heterocycles. The van der Waals surface area contributed by atoms with Crippen molar-refractivity contribution < 1.29 is 14.0 Å². The molecule has 0 fully saturated rings. The van der Waals surface area contributed by atoms with Crippen LogP contribution < -0.4 is 0 Å². The monoisotopic (exact) mass is 334 g/mol. The average molecular weight is 334 g/mol. The van der Waals surface area contributed by atoms with Gasteiger partial charge in [-0.2, -0.15) is 0 Å². The van der Waals surface area contributed by atoms with E-state index in [1.165, 1.54) is 64.9 Å². The summed E-state index contributed by atoms with van der Waals surface area (Å²) in [5.41, 5.74) is 0. The maximum atomic E-state index is 12.3. The first-order valence-electron chi connectivity index (χ1n) is 9.38. The zero-order valence-corrected chi connectivity index (χ0v) is 16.3. The molecule has 0 radical (unpaired) electrons. The molecule has 4 heteroatoms. The summed E-state index contributed by atoms with van der Waals surface area (Å²) in [6, 6.07) is 0. The second-order valence-electron chi connectivity index (χ2n) is 6.57. The van der Waals surface area contributed by atoms with Crippen molar-refractivity contribution in [1.29, 1.82) is 0 Å². The summed E-state index contributed by atoms with van der Waals surface area (Å²) < 4.78 is 17.2. The van der Waals surface area contributed by atoms with E-state index in [1.54, 1.807) is 0 Å². The van der Waals surface area contributed by atoms with Gasteiger partial charge in [-0.1, -0.05) is 85.0 Å². The third-order valence-electron chi connectivity index (χ3n) is 5.16. The number of unbranched alkanes of at least 4 members (excludes halogenated alkanes) is 9. The van der Waals surface area contributed by atoms with Crippen LogP contribution in [0.3, 0.4) is 0 Å². The first-order chi connectivity index (χ1) is 10.5. The molecule has 0 aliphatic rings. The van der Waals surface area contributed by atoms with Gasteiger partial charge in [-0.25, -0.2) is 0 Å². The van der Waals surface area contributed by atoms with E-state index in [-0.39, 0.29) is 0 Å². The predicted octanol–water partition coefficient (Wildman–Crippen LogP) is 6.69. The van der Waals surface area contributed by atoms with Gasteiger partial charge in [-0.15, -0.1) is 0 Å². The lowest BCUT2D eigenvalue weighted by Gasteiger charge is -2.34. The Morgan fingerprint density at radius 1 is 0.818 bits per heavy atom. The minimum absolute atomic E-state index is 0.540. The maximum absolute atomic E-state index is 12.3. The second-order valence-corrected chi connectivity index (χ2v) is 8.92. The lowest BCUT2D eigenvalue weighted by Crippen LogP contribution is -2.28. The normalized spacial score (nSPS) is 15.0. The Kier molecular flexibility index (Phi) is 12.6. The van der Waals surface area contributed by atoms with Gasteiger partial charge in [-0.05, 0) is 19.3 Å². The minimum Gasteiger partial charge on any atom is -0.324 e. The summed E-state index contributed by atoms with van der Waals surface area (Å²) in [6.07, 6.45) is 15.1. The molecule has 1 atom stereocenters. The highest BCUT2D eigenvalue weighted by Crippen LogP contribution is 2.60. The summed E-state index contributed by atoms with van der Waals surface area (Å²) in [4.78, 5) is 10.1. The van der Waals surface area contributed by atoms with E-state index in [1.807, 2.05) is 13.8 Å². The van der Waals surface area contributed by atoms with Crippen LogP contribution in [0.25, 0.3) is 0 Å². The smallest absolute Gasteiger partial charge is 0.324 e. The predicted molar refractivity (Wildman–Crippen MR) is 96.6 cm³/mol. The largest absolute Gasteiger partial charge is 0.333 e. The van der Waals surface area contributed by atoms with Crippen molar-refractivity contribution in [3.8, 4) is 0 Å². The molecule has 22 heavy (non-hydrogen) atoms. The van der Waals surface area contributed by atoms with Crippen molar-refractivity contribution in [2.45, 2.75) is 109 Å². The fraction of sp³-hybridized carbons (Fsp3) is 1.00. The van der Waals surface area contributed by atoms with Crippen LogP contribution >= 0.6 is 7.60 Å². The van der Waals surface area contributed by atoms with Crippen LogP contribution in [0.4, 0.5) is 0 Å². The molecule has 0 aromatic carbocycles. The quantitative estimate of drug-likeness (QED) is 0.268. The Labute approximate surface area is 138 Å².